The maximum Gasteiger partial charge on any atom is 0.288 e. The number of pyridine rings is 1. The molecule has 4 aromatic heterocycles. The first-order valence-corrected chi connectivity index (χ1v) is 8.88. The van der Waals surface area contributed by atoms with E-state index in [1.165, 1.54) is 48.5 Å². The van der Waals surface area contributed by atoms with Gasteiger partial charge in [0.15, 0.2) is 5.52 Å². The van der Waals surface area contributed by atoms with Gasteiger partial charge in [-0.25, -0.2) is 4.57 Å². The fourth-order valence-electron chi connectivity index (χ4n) is 4.16. The highest BCUT2D eigenvalue weighted by Crippen LogP contribution is 2.44. The molecule has 6 aromatic rings. The summed E-state index contributed by atoms with van der Waals surface area (Å²) in [6.45, 7) is 2.20. The van der Waals surface area contributed by atoms with E-state index in [9.17, 15) is 0 Å². The Bertz CT molecular complexity index is 1420. The van der Waals surface area contributed by atoms with E-state index in [0.29, 0.717) is 0 Å². The molecule has 0 bridgehead atoms. The zero-order valence-electron chi connectivity index (χ0n) is 13.4. The average molecular weight is 328 g/mol. The maximum atomic E-state index is 4.70. The number of fused-ring (bicyclic) bond motifs is 6. The van der Waals surface area contributed by atoms with Crippen molar-refractivity contribution in [1.82, 2.24) is 9.38 Å². The zero-order chi connectivity index (χ0) is 16.0. The summed E-state index contributed by atoms with van der Waals surface area (Å²) in [5.41, 5.74) is 6.46. The van der Waals surface area contributed by atoms with Crippen LogP contribution in [-0.4, -0.2) is 9.38 Å². The van der Waals surface area contributed by atoms with Crippen LogP contribution in [0.4, 0.5) is 0 Å². The molecule has 0 aliphatic carbocycles. The van der Waals surface area contributed by atoms with Gasteiger partial charge < -0.3 is 4.40 Å². The smallest absolute Gasteiger partial charge is 0.288 e. The number of hydrogen-bond acceptors (Lipinski definition) is 2. The SMILES string of the molecule is Cc1cccc2c1c1c3c(nc[n+]1C)sc1c4ccccc4n2c13. The predicted molar refractivity (Wildman–Crippen MR) is 100 cm³/mol. The lowest BCUT2D eigenvalue weighted by molar-refractivity contribution is -0.646. The normalized spacial score (nSPS) is 12.6. The number of benzene rings is 2. The van der Waals surface area contributed by atoms with Crippen LogP contribution in [0.5, 0.6) is 0 Å². The van der Waals surface area contributed by atoms with Crippen LogP contribution in [0.25, 0.3) is 47.8 Å². The van der Waals surface area contributed by atoms with Gasteiger partial charge in [-0.2, -0.15) is 0 Å². The summed E-state index contributed by atoms with van der Waals surface area (Å²) in [4.78, 5) is 5.83. The molecular weight excluding hydrogens is 314 g/mol. The number of hydrogen-bond donors (Lipinski definition) is 0. The summed E-state index contributed by atoms with van der Waals surface area (Å²) in [7, 11) is 2.10. The lowest BCUT2D eigenvalue weighted by atomic mass is 10.1. The van der Waals surface area contributed by atoms with Gasteiger partial charge in [0.25, 0.3) is 6.33 Å². The highest BCUT2D eigenvalue weighted by Gasteiger charge is 2.26. The lowest BCUT2D eigenvalue weighted by Crippen LogP contribution is -2.29. The van der Waals surface area contributed by atoms with Crippen molar-refractivity contribution >= 4 is 59.1 Å². The van der Waals surface area contributed by atoms with Crippen molar-refractivity contribution in [3.8, 4) is 0 Å². The minimum atomic E-state index is 1.13. The molecule has 24 heavy (non-hydrogen) atoms. The minimum absolute atomic E-state index is 1.13. The van der Waals surface area contributed by atoms with Gasteiger partial charge in [0.2, 0.25) is 4.83 Å². The summed E-state index contributed by atoms with van der Waals surface area (Å²) in [6.07, 6.45) is 1.95. The first kappa shape index (κ1) is 12.7. The molecule has 4 heteroatoms. The van der Waals surface area contributed by atoms with Crippen LogP contribution in [0.1, 0.15) is 5.56 Å². The van der Waals surface area contributed by atoms with Crippen LogP contribution >= 0.6 is 11.3 Å². The van der Waals surface area contributed by atoms with Crippen molar-refractivity contribution in [2.24, 2.45) is 7.05 Å². The van der Waals surface area contributed by atoms with Crippen molar-refractivity contribution < 1.29 is 4.57 Å². The quantitative estimate of drug-likeness (QED) is 0.295. The van der Waals surface area contributed by atoms with E-state index in [1.807, 2.05) is 6.33 Å². The first-order chi connectivity index (χ1) is 11.8. The Labute approximate surface area is 141 Å². The highest BCUT2D eigenvalue weighted by atomic mass is 32.1. The second-order valence-corrected chi connectivity index (χ2v) is 7.48. The van der Waals surface area contributed by atoms with E-state index >= 15 is 0 Å². The molecule has 0 spiro atoms. The fraction of sp³-hybridized carbons (Fsp3) is 0.100. The lowest BCUT2D eigenvalue weighted by Gasteiger charge is -2.10. The van der Waals surface area contributed by atoms with E-state index in [4.69, 9.17) is 4.98 Å². The molecule has 0 atom stereocenters. The summed E-state index contributed by atoms with van der Waals surface area (Å²) in [6, 6.07) is 15.3. The Morgan fingerprint density at radius 1 is 1.00 bits per heavy atom. The molecule has 2 aromatic carbocycles. The average Bonchev–Trinajstić information content (AvgIpc) is 3.12. The Morgan fingerprint density at radius 3 is 2.75 bits per heavy atom. The van der Waals surface area contributed by atoms with Gasteiger partial charge in [-0.15, -0.1) is 0 Å². The Kier molecular flexibility index (Phi) is 2.12. The number of rotatable bonds is 0. The van der Waals surface area contributed by atoms with Crippen LogP contribution in [0.3, 0.4) is 0 Å². The Balaban J connectivity index is 2.18. The third-order valence-electron chi connectivity index (χ3n) is 5.14. The number of aryl methyl sites for hydroxylation is 2. The second kappa shape index (κ2) is 4.02. The summed E-state index contributed by atoms with van der Waals surface area (Å²) in [5.74, 6) is 0. The van der Waals surface area contributed by atoms with Gasteiger partial charge in [0.1, 0.15) is 5.39 Å². The molecule has 6 rings (SSSR count). The Hall–Kier alpha value is -2.72. The molecule has 0 radical (unpaired) electrons. The molecule has 0 saturated heterocycles. The monoisotopic (exact) mass is 328 g/mol. The van der Waals surface area contributed by atoms with Crippen molar-refractivity contribution in [3.05, 3.63) is 54.4 Å². The maximum absolute atomic E-state index is 4.70. The highest BCUT2D eigenvalue weighted by molar-refractivity contribution is 7.26. The topological polar surface area (TPSA) is 21.2 Å². The van der Waals surface area contributed by atoms with E-state index in [2.05, 4.69) is 65.4 Å². The van der Waals surface area contributed by atoms with Gasteiger partial charge >= 0.3 is 0 Å². The van der Waals surface area contributed by atoms with Crippen LogP contribution in [0, 0.1) is 6.92 Å². The number of aromatic nitrogens is 3. The van der Waals surface area contributed by atoms with Crippen molar-refractivity contribution in [2.75, 3.05) is 0 Å². The molecule has 0 aliphatic heterocycles. The number of para-hydroxylation sites is 1. The van der Waals surface area contributed by atoms with E-state index in [0.717, 1.165) is 4.83 Å². The molecule has 0 unspecified atom stereocenters. The third kappa shape index (κ3) is 1.27. The van der Waals surface area contributed by atoms with E-state index < -0.39 is 0 Å². The van der Waals surface area contributed by atoms with Crippen molar-refractivity contribution in [1.29, 1.82) is 0 Å². The molecule has 0 aliphatic rings. The number of nitrogens with zero attached hydrogens (tertiary/aromatic N) is 3. The van der Waals surface area contributed by atoms with E-state index in [-0.39, 0.29) is 0 Å². The van der Waals surface area contributed by atoms with Crippen molar-refractivity contribution in [3.63, 3.8) is 0 Å². The van der Waals surface area contributed by atoms with Crippen LogP contribution in [0.2, 0.25) is 0 Å². The van der Waals surface area contributed by atoms with E-state index in [1.54, 1.807) is 11.3 Å². The van der Waals surface area contributed by atoms with Crippen molar-refractivity contribution in [2.45, 2.75) is 6.92 Å². The summed E-state index contributed by atoms with van der Waals surface area (Å²) < 4.78 is 5.94. The third-order valence-corrected chi connectivity index (χ3v) is 6.26. The van der Waals surface area contributed by atoms with Gasteiger partial charge in [0.05, 0.1) is 28.3 Å². The molecule has 4 heterocycles. The summed E-state index contributed by atoms with van der Waals surface area (Å²) in [5, 5.41) is 3.93. The van der Waals surface area contributed by atoms with Crippen LogP contribution < -0.4 is 4.57 Å². The van der Waals surface area contributed by atoms with Gasteiger partial charge in [0, 0.05) is 10.8 Å². The molecule has 0 N–H and O–H groups in total. The molecule has 114 valence electrons. The minimum Gasteiger partial charge on any atom is -0.307 e. The van der Waals surface area contributed by atoms with Crippen LogP contribution in [-0.2, 0) is 7.05 Å². The first-order valence-electron chi connectivity index (χ1n) is 8.06. The summed E-state index contributed by atoms with van der Waals surface area (Å²) >= 11 is 1.81. The fourth-order valence-corrected chi connectivity index (χ4v) is 5.32. The zero-order valence-corrected chi connectivity index (χ0v) is 14.2. The number of thiophene rings is 1. The molecule has 3 nitrogen and oxygen atoms in total. The van der Waals surface area contributed by atoms with Crippen LogP contribution in [0.15, 0.2) is 48.8 Å². The molecular formula is C20H14N3S+. The second-order valence-electron chi connectivity index (χ2n) is 6.49. The molecule has 0 fully saturated rings. The molecule has 0 saturated carbocycles. The Morgan fingerprint density at radius 2 is 1.83 bits per heavy atom. The predicted octanol–water partition coefficient (Wildman–Crippen LogP) is 4.58. The van der Waals surface area contributed by atoms with Gasteiger partial charge in [-0.05, 0) is 29.6 Å². The van der Waals surface area contributed by atoms with Gasteiger partial charge in [-0.1, -0.05) is 41.7 Å². The van der Waals surface area contributed by atoms with Gasteiger partial charge in [-0.3, -0.25) is 0 Å². The standard InChI is InChI=1S/C20H14N3S/c1-11-6-5-9-14-15(11)17-16-18-19(24-20(16)21-10-22(17)2)12-7-3-4-8-13(12)23(14)18/h3-10H,1-2H3/q+1. The molecule has 0 amide bonds. The largest absolute Gasteiger partial charge is 0.307 e.